The molecule has 0 bridgehead atoms. The van der Waals surface area contributed by atoms with E-state index in [1.807, 2.05) is 13.0 Å². The van der Waals surface area contributed by atoms with E-state index in [-0.39, 0.29) is 15.5 Å². The van der Waals surface area contributed by atoms with Crippen LogP contribution >= 0.6 is 11.6 Å². The topological polar surface area (TPSA) is 111 Å². The maximum absolute atomic E-state index is 12.5. The summed E-state index contributed by atoms with van der Waals surface area (Å²) in [6.07, 6.45) is -1.17. The smallest absolute Gasteiger partial charge is 0.338 e. The quantitative estimate of drug-likeness (QED) is 0.466. The van der Waals surface area contributed by atoms with Gasteiger partial charge in [-0.1, -0.05) is 22.1 Å². The first-order valence-corrected chi connectivity index (χ1v) is 10.8. The number of nitrogens with zero attached hydrogens (tertiary/aromatic N) is 1. The Balaban J connectivity index is 2.19. The maximum Gasteiger partial charge on any atom is 0.338 e. The summed E-state index contributed by atoms with van der Waals surface area (Å²) in [6, 6.07) is 8.85. The largest absolute Gasteiger partial charge is 0.495 e. The Morgan fingerprint density at radius 3 is 2.42 bits per heavy atom. The van der Waals surface area contributed by atoms with Gasteiger partial charge in [-0.3, -0.25) is 9.63 Å². The highest BCUT2D eigenvalue weighted by molar-refractivity contribution is 7.89. The number of methoxy groups -OCH3 is 1. The van der Waals surface area contributed by atoms with Crippen molar-refractivity contribution in [2.45, 2.75) is 24.8 Å². The molecule has 31 heavy (non-hydrogen) atoms. The van der Waals surface area contributed by atoms with Gasteiger partial charge in [-0.05, 0) is 49.7 Å². The summed E-state index contributed by atoms with van der Waals surface area (Å²) in [4.78, 5) is 29.4. The summed E-state index contributed by atoms with van der Waals surface area (Å²) >= 11 is 5.98. The molecule has 1 amide bonds. The molecule has 0 radical (unpaired) electrons. The highest BCUT2D eigenvalue weighted by atomic mass is 35.5. The number of halogens is 1. The number of nitrogens with one attached hydrogen (secondary N) is 1. The Kier molecular flexibility index (Phi) is 8.02. The van der Waals surface area contributed by atoms with Crippen molar-refractivity contribution in [2.24, 2.45) is 0 Å². The minimum absolute atomic E-state index is 0.0970. The van der Waals surface area contributed by atoms with Crippen LogP contribution in [-0.4, -0.2) is 52.1 Å². The molecule has 168 valence electrons. The van der Waals surface area contributed by atoms with E-state index in [4.69, 9.17) is 25.9 Å². The van der Waals surface area contributed by atoms with Crippen molar-refractivity contribution in [3.8, 4) is 5.75 Å². The number of hydrogen-bond acceptors (Lipinski definition) is 7. The van der Waals surface area contributed by atoms with Crippen LogP contribution < -0.4 is 10.1 Å². The van der Waals surface area contributed by atoms with Crippen LogP contribution in [0.25, 0.3) is 0 Å². The Morgan fingerprint density at radius 1 is 1.13 bits per heavy atom. The molecule has 0 aliphatic carbocycles. The maximum atomic E-state index is 12.5. The van der Waals surface area contributed by atoms with Gasteiger partial charge in [0, 0.05) is 7.05 Å². The second-order valence-electron chi connectivity index (χ2n) is 6.48. The van der Waals surface area contributed by atoms with Crippen molar-refractivity contribution >= 4 is 39.2 Å². The van der Waals surface area contributed by atoms with Crippen molar-refractivity contribution in [1.29, 1.82) is 0 Å². The minimum atomic E-state index is -4.09. The number of carbonyl (C=O) groups excluding carboxylic acids is 2. The fourth-order valence-corrected chi connectivity index (χ4v) is 3.97. The van der Waals surface area contributed by atoms with E-state index in [1.165, 1.54) is 40.3 Å². The van der Waals surface area contributed by atoms with E-state index in [1.54, 1.807) is 12.1 Å². The molecule has 9 nitrogen and oxygen atoms in total. The molecule has 1 N–H and O–H groups in total. The van der Waals surface area contributed by atoms with Gasteiger partial charge in [-0.25, -0.2) is 13.2 Å². The van der Waals surface area contributed by atoms with Gasteiger partial charge in [0.1, 0.15) is 10.6 Å². The van der Waals surface area contributed by atoms with Gasteiger partial charge in [0.2, 0.25) is 0 Å². The van der Waals surface area contributed by atoms with Gasteiger partial charge in [0.25, 0.3) is 15.9 Å². The third-order valence-corrected chi connectivity index (χ3v) is 6.47. The number of hydroxylamine groups is 1. The lowest BCUT2D eigenvalue weighted by molar-refractivity contribution is -0.123. The molecule has 0 heterocycles. The molecular formula is C20H23ClN2O7S. The number of anilines is 1. The van der Waals surface area contributed by atoms with Crippen molar-refractivity contribution in [2.75, 3.05) is 26.6 Å². The first-order valence-electron chi connectivity index (χ1n) is 9.00. The first kappa shape index (κ1) is 24.6. The van der Waals surface area contributed by atoms with E-state index < -0.39 is 28.0 Å². The number of hydrogen-bond donors (Lipinski definition) is 1. The molecular weight excluding hydrogens is 448 g/mol. The fraction of sp³-hybridized carbons (Fsp3) is 0.300. The fourth-order valence-electron chi connectivity index (χ4n) is 2.50. The average molecular weight is 471 g/mol. The van der Waals surface area contributed by atoms with Crippen LogP contribution in [0, 0.1) is 6.92 Å². The van der Waals surface area contributed by atoms with Crippen LogP contribution in [0.2, 0.25) is 5.02 Å². The van der Waals surface area contributed by atoms with Gasteiger partial charge < -0.3 is 14.8 Å². The number of amides is 1. The van der Waals surface area contributed by atoms with Crippen LogP contribution in [0.5, 0.6) is 5.75 Å². The van der Waals surface area contributed by atoms with Crippen LogP contribution in [0.3, 0.4) is 0 Å². The first-order chi connectivity index (χ1) is 14.5. The summed E-state index contributed by atoms with van der Waals surface area (Å²) in [5.74, 6) is -1.03. The number of ether oxygens (including phenoxy) is 2. The molecule has 0 fully saturated rings. The summed E-state index contributed by atoms with van der Waals surface area (Å²) in [7, 11) is -0.269. The number of esters is 1. The number of carbonyl (C=O) groups is 2. The van der Waals surface area contributed by atoms with E-state index in [9.17, 15) is 18.0 Å². The molecule has 2 aromatic carbocycles. The van der Waals surface area contributed by atoms with Gasteiger partial charge in [0.15, 0.2) is 6.10 Å². The van der Waals surface area contributed by atoms with Crippen molar-refractivity contribution in [1.82, 2.24) is 4.47 Å². The van der Waals surface area contributed by atoms with Crippen molar-refractivity contribution in [3.05, 3.63) is 52.5 Å². The molecule has 0 aliphatic heterocycles. The van der Waals surface area contributed by atoms with Gasteiger partial charge in [-0.15, -0.1) is 0 Å². The normalized spacial score (nSPS) is 12.4. The van der Waals surface area contributed by atoms with Gasteiger partial charge in [-0.2, -0.15) is 0 Å². The molecule has 0 aliphatic rings. The molecule has 2 aromatic rings. The van der Waals surface area contributed by atoms with Crippen molar-refractivity contribution < 1.29 is 32.3 Å². The molecule has 2 rings (SSSR count). The minimum Gasteiger partial charge on any atom is -0.495 e. The third-order valence-electron chi connectivity index (χ3n) is 4.31. The SMILES string of the molecule is COc1ccc(C)cc1NC(=O)C(C)OC(=O)c1ccc(Cl)c(S(=O)(=O)N(C)OC)c1. The summed E-state index contributed by atoms with van der Waals surface area (Å²) in [5.41, 5.74) is 1.23. The summed E-state index contributed by atoms with van der Waals surface area (Å²) < 4.78 is 35.9. The number of sulfonamides is 1. The van der Waals surface area contributed by atoms with E-state index >= 15 is 0 Å². The Hall–Kier alpha value is -2.66. The van der Waals surface area contributed by atoms with Crippen molar-refractivity contribution in [3.63, 3.8) is 0 Å². The second-order valence-corrected chi connectivity index (χ2v) is 8.79. The summed E-state index contributed by atoms with van der Waals surface area (Å²) in [5, 5.41) is 2.55. The van der Waals surface area contributed by atoms with Crippen LogP contribution in [0.15, 0.2) is 41.3 Å². The van der Waals surface area contributed by atoms with E-state index in [0.29, 0.717) is 15.9 Å². The third kappa shape index (κ3) is 5.73. The Labute approximate surface area is 185 Å². The van der Waals surface area contributed by atoms with Crippen LogP contribution in [0.1, 0.15) is 22.8 Å². The second kappa shape index (κ2) is 10.1. The van der Waals surface area contributed by atoms with E-state index in [0.717, 1.165) is 11.6 Å². The lowest BCUT2D eigenvalue weighted by Crippen LogP contribution is -2.30. The summed E-state index contributed by atoms with van der Waals surface area (Å²) in [6.45, 7) is 3.24. The number of rotatable bonds is 8. The molecule has 0 saturated carbocycles. The van der Waals surface area contributed by atoms with Crippen LogP contribution in [0.4, 0.5) is 5.69 Å². The Morgan fingerprint density at radius 2 is 1.81 bits per heavy atom. The Bertz CT molecular complexity index is 1090. The standard InChI is InChI=1S/C20H23ClN2O7S/c1-12-6-9-17(28-4)16(10-12)22-19(24)13(2)30-20(25)14-7-8-15(21)18(11-14)31(26,27)23(3)29-5/h6-11,13H,1-5H3,(H,22,24). The van der Waals surface area contributed by atoms with Gasteiger partial charge in [0.05, 0.1) is 30.5 Å². The molecule has 0 aromatic heterocycles. The zero-order chi connectivity index (χ0) is 23.3. The molecule has 11 heteroatoms. The number of aryl methyl sites for hydroxylation is 1. The molecule has 1 unspecified atom stereocenters. The van der Waals surface area contributed by atoms with Crippen LogP contribution in [-0.2, 0) is 24.4 Å². The molecule has 1 atom stereocenters. The van der Waals surface area contributed by atoms with Gasteiger partial charge >= 0.3 is 5.97 Å². The predicted molar refractivity (Wildman–Crippen MR) is 115 cm³/mol. The molecule has 0 spiro atoms. The highest BCUT2D eigenvalue weighted by Gasteiger charge is 2.27. The zero-order valence-electron chi connectivity index (χ0n) is 17.6. The predicted octanol–water partition coefficient (Wildman–Crippen LogP) is 3.02. The lowest BCUT2D eigenvalue weighted by atomic mass is 10.2. The monoisotopic (exact) mass is 470 g/mol. The average Bonchev–Trinajstić information content (AvgIpc) is 2.73. The zero-order valence-corrected chi connectivity index (χ0v) is 19.2. The number of benzene rings is 2. The van der Waals surface area contributed by atoms with E-state index in [2.05, 4.69) is 5.32 Å². The highest BCUT2D eigenvalue weighted by Crippen LogP contribution is 2.27. The lowest BCUT2D eigenvalue weighted by Gasteiger charge is -2.17. The molecule has 0 saturated heterocycles.